The van der Waals surface area contributed by atoms with Crippen LogP contribution < -0.4 is 10.6 Å². The molecule has 0 radical (unpaired) electrons. The fourth-order valence-corrected chi connectivity index (χ4v) is 3.92. The molecule has 0 saturated carbocycles. The maximum Gasteiger partial charge on any atom is 0.220 e. The number of amides is 1. The van der Waals surface area contributed by atoms with Gasteiger partial charge in [-0.05, 0) is 37.8 Å². The molecular formula is C20H30N4O2. The maximum absolute atomic E-state index is 11.7. The number of guanidine groups is 1. The molecule has 1 spiro atoms. The molecule has 6 nitrogen and oxygen atoms in total. The van der Waals surface area contributed by atoms with Gasteiger partial charge in [0.05, 0.1) is 12.6 Å². The molecule has 6 heteroatoms. The highest BCUT2D eigenvalue weighted by Gasteiger charge is 2.42. The summed E-state index contributed by atoms with van der Waals surface area (Å²) in [6.07, 6.45) is 2.37. The second kappa shape index (κ2) is 8.08. The number of aliphatic hydroxyl groups is 1. The van der Waals surface area contributed by atoms with Crippen LogP contribution in [0.5, 0.6) is 0 Å². The molecule has 2 aliphatic rings. The Bertz CT molecular complexity index is 656. The Balaban J connectivity index is 1.69. The van der Waals surface area contributed by atoms with E-state index in [4.69, 9.17) is 4.99 Å². The fourth-order valence-electron chi connectivity index (χ4n) is 3.92. The van der Waals surface area contributed by atoms with Gasteiger partial charge in [0.1, 0.15) is 0 Å². The highest BCUT2D eigenvalue weighted by molar-refractivity contribution is 5.81. The lowest BCUT2D eigenvalue weighted by atomic mass is 9.79. The number of nitrogens with one attached hydrogen (secondary N) is 2. The summed E-state index contributed by atoms with van der Waals surface area (Å²) >= 11 is 0. The van der Waals surface area contributed by atoms with Crippen molar-refractivity contribution >= 4 is 11.9 Å². The van der Waals surface area contributed by atoms with E-state index in [1.165, 1.54) is 0 Å². The van der Waals surface area contributed by atoms with Crippen molar-refractivity contribution in [1.29, 1.82) is 0 Å². The smallest absolute Gasteiger partial charge is 0.220 e. The number of aliphatic hydroxyl groups excluding tert-OH is 1. The fraction of sp³-hybridized carbons (Fsp3) is 0.600. The molecule has 2 saturated heterocycles. The van der Waals surface area contributed by atoms with Crippen LogP contribution in [0.4, 0.5) is 0 Å². The minimum Gasteiger partial charge on any atom is -0.389 e. The van der Waals surface area contributed by atoms with E-state index in [1.54, 1.807) is 6.92 Å². The van der Waals surface area contributed by atoms with Crippen molar-refractivity contribution in [2.24, 2.45) is 10.4 Å². The number of likely N-dealkylation sites (tertiary alicyclic amines) is 1. The van der Waals surface area contributed by atoms with E-state index in [0.717, 1.165) is 56.1 Å². The van der Waals surface area contributed by atoms with Crippen LogP contribution in [0.2, 0.25) is 0 Å². The first-order valence-electron chi connectivity index (χ1n) is 9.58. The number of hydrogen-bond donors (Lipinski definition) is 3. The Morgan fingerprint density at radius 2 is 2.19 bits per heavy atom. The number of piperidine rings is 1. The second-order valence-corrected chi connectivity index (χ2v) is 7.57. The summed E-state index contributed by atoms with van der Waals surface area (Å²) in [6.45, 7) is 7.89. The third kappa shape index (κ3) is 4.36. The number of carbonyl (C=O) groups is 1. The molecule has 0 aliphatic carbocycles. The van der Waals surface area contributed by atoms with Crippen LogP contribution in [0, 0.1) is 5.41 Å². The van der Waals surface area contributed by atoms with Crippen LogP contribution in [0.15, 0.2) is 29.3 Å². The van der Waals surface area contributed by atoms with E-state index in [1.807, 2.05) is 24.3 Å². The van der Waals surface area contributed by atoms with Gasteiger partial charge in [0.25, 0.3) is 0 Å². The summed E-state index contributed by atoms with van der Waals surface area (Å²) in [5.74, 6) is 1.09. The number of aliphatic imine (C=N–C) groups is 1. The predicted octanol–water partition coefficient (Wildman–Crippen LogP) is 1.81. The average Bonchev–Trinajstić information content (AvgIpc) is 2.98. The Kier molecular flexibility index (Phi) is 5.81. The van der Waals surface area contributed by atoms with Crippen molar-refractivity contribution < 1.29 is 9.90 Å². The van der Waals surface area contributed by atoms with Crippen molar-refractivity contribution in [3.05, 3.63) is 35.4 Å². The third-order valence-electron chi connectivity index (χ3n) is 5.37. The minimum absolute atomic E-state index is 0.0600. The summed E-state index contributed by atoms with van der Waals surface area (Å²) in [6, 6.07) is 7.95. The zero-order chi connectivity index (χ0) is 18.6. The number of hydrogen-bond acceptors (Lipinski definition) is 3. The third-order valence-corrected chi connectivity index (χ3v) is 5.37. The van der Waals surface area contributed by atoms with Gasteiger partial charge in [-0.25, -0.2) is 4.99 Å². The normalized spacial score (nSPS) is 24.7. The summed E-state index contributed by atoms with van der Waals surface area (Å²) < 4.78 is 0. The summed E-state index contributed by atoms with van der Waals surface area (Å²) in [5, 5.41) is 16.0. The summed E-state index contributed by atoms with van der Waals surface area (Å²) in [5.41, 5.74) is 2.10. The number of rotatable bonds is 4. The molecule has 3 N–H and O–H groups in total. The van der Waals surface area contributed by atoms with Gasteiger partial charge in [-0.1, -0.05) is 24.3 Å². The molecule has 26 heavy (non-hydrogen) atoms. The van der Waals surface area contributed by atoms with Gasteiger partial charge < -0.3 is 20.6 Å². The monoisotopic (exact) mass is 358 g/mol. The molecular weight excluding hydrogens is 328 g/mol. The predicted molar refractivity (Wildman–Crippen MR) is 103 cm³/mol. The molecule has 2 aliphatic heterocycles. The Morgan fingerprint density at radius 3 is 2.81 bits per heavy atom. The van der Waals surface area contributed by atoms with Crippen LogP contribution >= 0.6 is 0 Å². The van der Waals surface area contributed by atoms with Gasteiger partial charge in [0.2, 0.25) is 5.91 Å². The number of benzene rings is 1. The molecule has 3 rings (SSSR count). The van der Waals surface area contributed by atoms with Crippen LogP contribution in [-0.4, -0.2) is 48.1 Å². The van der Waals surface area contributed by atoms with Crippen molar-refractivity contribution in [3.63, 3.8) is 0 Å². The molecule has 1 amide bonds. The highest BCUT2D eigenvalue weighted by atomic mass is 16.3. The van der Waals surface area contributed by atoms with E-state index in [0.29, 0.717) is 13.0 Å². The lowest BCUT2D eigenvalue weighted by Gasteiger charge is -2.40. The van der Waals surface area contributed by atoms with E-state index in [-0.39, 0.29) is 11.3 Å². The second-order valence-electron chi connectivity index (χ2n) is 7.57. The molecule has 142 valence electrons. The van der Waals surface area contributed by atoms with E-state index in [9.17, 15) is 9.90 Å². The van der Waals surface area contributed by atoms with Gasteiger partial charge in [-0.3, -0.25) is 4.79 Å². The van der Waals surface area contributed by atoms with Gasteiger partial charge in [0.15, 0.2) is 5.96 Å². The SMILES string of the molecule is CCNC(=NCc1ccc(C(C)O)cc1)N1CCCC2(CNC(=O)C2)C1. The molecule has 1 aromatic rings. The maximum atomic E-state index is 11.7. The zero-order valence-electron chi connectivity index (χ0n) is 15.8. The standard InChI is InChI=1S/C20H30N4O2/c1-3-21-19(22-12-16-5-7-17(8-6-16)15(2)25)24-10-4-9-20(14-24)11-18(26)23-13-20/h5-8,15,25H,3-4,9-14H2,1-2H3,(H,21,22)(H,23,26). The molecule has 2 unspecified atom stereocenters. The first-order chi connectivity index (χ1) is 12.5. The van der Waals surface area contributed by atoms with Gasteiger partial charge in [-0.2, -0.15) is 0 Å². The quantitative estimate of drug-likeness (QED) is 0.567. The van der Waals surface area contributed by atoms with Crippen molar-refractivity contribution in [2.75, 3.05) is 26.2 Å². The summed E-state index contributed by atoms with van der Waals surface area (Å²) in [7, 11) is 0. The summed E-state index contributed by atoms with van der Waals surface area (Å²) in [4.78, 5) is 18.8. The first-order valence-corrected chi connectivity index (χ1v) is 9.58. The van der Waals surface area contributed by atoms with E-state index >= 15 is 0 Å². The molecule has 0 bridgehead atoms. The molecule has 2 fully saturated rings. The molecule has 2 atom stereocenters. The highest BCUT2D eigenvalue weighted by Crippen LogP contribution is 2.36. The minimum atomic E-state index is -0.447. The largest absolute Gasteiger partial charge is 0.389 e. The first kappa shape index (κ1) is 18.7. The lowest BCUT2D eigenvalue weighted by Crippen LogP contribution is -2.51. The Morgan fingerprint density at radius 1 is 1.42 bits per heavy atom. The van der Waals surface area contributed by atoms with Gasteiger partial charge in [-0.15, -0.1) is 0 Å². The van der Waals surface area contributed by atoms with Gasteiger partial charge in [0, 0.05) is 38.0 Å². The lowest BCUT2D eigenvalue weighted by molar-refractivity contribution is -0.119. The number of carbonyl (C=O) groups excluding carboxylic acids is 1. The average molecular weight is 358 g/mol. The zero-order valence-corrected chi connectivity index (χ0v) is 15.8. The topological polar surface area (TPSA) is 77.0 Å². The number of nitrogens with zero attached hydrogens (tertiary/aromatic N) is 2. The van der Waals surface area contributed by atoms with E-state index < -0.39 is 6.10 Å². The Labute approximate surface area is 155 Å². The van der Waals surface area contributed by atoms with Crippen LogP contribution in [-0.2, 0) is 11.3 Å². The van der Waals surface area contributed by atoms with Gasteiger partial charge >= 0.3 is 0 Å². The van der Waals surface area contributed by atoms with Crippen molar-refractivity contribution in [3.8, 4) is 0 Å². The molecule has 0 aromatic heterocycles. The van der Waals surface area contributed by atoms with Crippen LogP contribution in [0.3, 0.4) is 0 Å². The Hall–Kier alpha value is -2.08. The molecule has 1 aromatic carbocycles. The van der Waals surface area contributed by atoms with Crippen molar-refractivity contribution in [1.82, 2.24) is 15.5 Å². The van der Waals surface area contributed by atoms with Crippen molar-refractivity contribution in [2.45, 2.75) is 45.8 Å². The van der Waals surface area contributed by atoms with E-state index in [2.05, 4.69) is 22.5 Å². The van der Waals surface area contributed by atoms with Crippen LogP contribution in [0.25, 0.3) is 0 Å². The molecule has 2 heterocycles. The van der Waals surface area contributed by atoms with Crippen LogP contribution in [0.1, 0.15) is 50.3 Å².